The van der Waals surface area contributed by atoms with Crippen LogP contribution in [0.15, 0.2) is 52.2 Å². The van der Waals surface area contributed by atoms with Crippen molar-refractivity contribution in [3.63, 3.8) is 0 Å². The molecular weight excluding hydrogens is 711 g/mol. The van der Waals surface area contributed by atoms with Crippen LogP contribution in [-0.4, -0.2) is 107 Å². The van der Waals surface area contributed by atoms with Crippen molar-refractivity contribution in [2.24, 2.45) is 5.92 Å². The number of rotatable bonds is 13. The van der Waals surface area contributed by atoms with Crippen LogP contribution < -0.4 is 20.9 Å². The third-order valence-electron chi connectivity index (χ3n) is 8.61. The van der Waals surface area contributed by atoms with E-state index in [0.29, 0.717) is 4.57 Å². The summed E-state index contributed by atoms with van der Waals surface area (Å²) in [5.41, 5.74) is -1.73. The van der Waals surface area contributed by atoms with E-state index < -0.39 is 98.7 Å². The van der Waals surface area contributed by atoms with E-state index in [0.717, 1.165) is 22.6 Å². The molecule has 286 valence electrons. The van der Waals surface area contributed by atoms with Gasteiger partial charge >= 0.3 is 31.5 Å². The predicted molar refractivity (Wildman–Crippen MR) is 177 cm³/mol. The number of amides is 1. The minimum Gasteiger partial charge on any atom is -0.462 e. The molecule has 1 aromatic carbocycles. The highest BCUT2D eigenvalue weighted by Gasteiger charge is 2.54. The van der Waals surface area contributed by atoms with Gasteiger partial charge in [-0.15, -0.1) is 0 Å². The lowest BCUT2D eigenvalue weighted by molar-refractivity contribution is -0.157. The Balaban J connectivity index is 1.28. The van der Waals surface area contributed by atoms with Gasteiger partial charge in [0.05, 0.1) is 45.7 Å². The fourth-order valence-electron chi connectivity index (χ4n) is 5.99. The van der Waals surface area contributed by atoms with Crippen LogP contribution in [0, 0.1) is 5.92 Å². The van der Waals surface area contributed by atoms with Crippen LogP contribution in [0.1, 0.15) is 40.3 Å². The van der Waals surface area contributed by atoms with Crippen LogP contribution >= 0.6 is 7.75 Å². The van der Waals surface area contributed by atoms with Crippen LogP contribution in [0.2, 0.25) is 0 Å². The molecule has 1 spiro atoms. The average molecular weight is 755 g/mol. The number of para-hydroxylation sites is 1. The topological polar surface area (TPSA) is 222 Å². The van der Waals surface area contributed by atoms with Crippen molar-refractivity contribution >= 4 is 25.8 Å². The number of carbonyl (C=O) groups is 3. The molecule has 3 aliphatic rings. The van der Waals surface area contributed by atoms with Gasteiger partial charge in [-0.25, -0.2) is 23.5 Å². The number of nitrogens with zero attached hydrogens (tertiary/aromatic N) is 3. The molecule has 20 heteroatoms. The van der Waals surface area contributed by atoms with E-state index in [1.165, 1.54) is 25.3 Å². The maximum atomic E-state index is 13.9. The molecule has 0 aliphatic carbocycles. The van der Waals surface area contributed by atoms with Crippen molar-refractivity contribution in [2.45, 2.75) is 83.3 Å². The summed E-state index contributed by atoms with van der Waals surface area (Å²) in [7, 11) is -3.16. The highest BCUT2D eigenvalue weighted by molar-refractivity contribution is 7.52. The van der Waals surface area contributed by atoms with Gasteiger partial charge in [0, 0.05) is 24.6 Å². The lowest BCUT2D eigenvalue weighted by atomic mass is 10.0. The largest absolute Gasteiger partial charge is 0.462 e. The second-order valence-corrected chi connectivity index (χ2v) is 14.4. The number of aromatic nitrogens is 2. The van der Waals surface area contributed by atoms with E-state index in [1.807, 2.05) is 0 Å². The van der Waals surface area contributed by atoms with Crippen LogP contribution in [0.25, 0.3) is 0 Å². The van der Waals surface area contributed by atoms with E-state index in [-0.39, 0.29) is 31.9 Å². The molecule has 2 aromatic rings. The first-order valence-corrected chi connectivity index (χ1v) is 18.1. The lowest BCUT2D eigenvalue weighted by Gasteiger charge is -2.25. The fraction of sp³-hybridized carbons (Fsp3) is 0.594. The Morgan fingerprint density at radius 3 is 2.44 bits per heavy atom. The molecule has 5 rings (SSSR count). The smallest absolute Gasteiger partial charge is 0.459 e. The second-order valence-electron chi connectivity index (χ2n) is 12.7. The van der Waals surface area contributed by atoms with Crippen molar-refractivity contribution in [3.05, 3.63) is 63.4 Å². The molecule has 0 radical (unpaired) electrons. The van der Waals surface area contributed by atoms with E-state index in [1.54, 1.807) is 39.0 Å². The molecule has 7 atom stereocenters. The molecule has 4 heterocycles. The number of hydrogen-bond acceptors (Lipinski definition) is 15. The summed E-state index contributed by atoms with van der Waals surface area (Å²) in [6, 6.07) is 6.83. The Kier molecular flexibility index (Phi) is 12.2. The van der Waals surface area contributed by atoms with E-state index in [4.69, 9.17) is 37.5 Å². The first kappa shape index (κ1) is 39.1. The zero-order valence-corrected chi connectivity index (χ0v) is 30.2. The number of aliphatic hydroxyl groups is 1. The monoisotopic (exact) mass is 754 g/mol. The predicted octanol–water partition coefficient (Wildman–Crippen LogP) is 1.12. The summed E-state index contributed by atoms with van der Waals surface area (Å²) in [6.45, 7) is 5.46. The van der Waals surface area contributed by atoms with Crippen LogP contribution in [0.4, 0.5) is 4.79 Å². The van der Waals surface area contributed by atoms with Gasteiger partial charge < -0.3 is 38.1 Å². The number of nitrogens with one attached hydrogen (secondary N) is 1. The molecule has 1 amide bonds. The molecular formula is C32H43N4O15P. The van der Waals surface area contributed by atoms with Gasteiger partial charge in [-0.3, -0.25) is 23.6 Å². The summed E-state index contributed by atoms with van der Waals surface area (Å²) >= 11 is 0. The van der Waals surface area contributed by atoms with Gasteiger partial charge in [0.25, 0.3) is 5.56 Å². The average Bonchev–Trinajstić information content (AvgIpc) is 3.81. The van der Waals surface area contributed by atoms with Crippen LogP contribution in [0.5, 0.6) is 5.75 Å². The molecule has 1 aromatic heterocycles. The van der Waals surface area contributed by atoms with Crippen molar-refractivity contribution in [1.29, 1.82) is 0 Å². The molecule has 0 saturated carbocycles. The highest BCUT2D eigenvalue weighted by atomic mass is 31.2. The van der Waals surface area contributed by atoms with E-state index in [9.17, 15) is 33.6 Å². The zero-order chi connectivity index (χ0) is 37.8. The standard InChI is InChI=1S/C32H43N4O15P/c1-19(2)49-28(39)21(4)33-52(43,51-22-9-7-6-8-10-22)48-16-24-26(38)20(3)27(50-24)34-12-11-25(37)36(30(34)41)18-45-29(40)23-15-32(46-13-14-47-32)17-35(23)31(42)44-5/h6-12,19-21,23-24,26-27,38H,13-18H2,1-5H3,(H,33,43)/t20-,21-,23?,24+,26-,27+,52?/m0/s1. The quantitative estimate of drug-likeness (QED) is 0.166. The number of benzene rings is 1. The summed E-state index contributed by atoms with van der Waals surface area (Å²) in [5.74, 6) is -3.44. The van der Waals surface area contributed by atoms with Crippen molar-refractivity contribution in [3.8, 4) is 5.75 Å². The number of esters is 2. The second kappa shape index (κ2) is 16.3. The van der Waals surface area contributed by atoms with Gasteiger partial charge in [-0.05, 0) is 32.9 Å². The van der Waals surface area contributed by atoms with Gasteiger partial charge in [-0.2, -0.15) is 5.09 Å². The molecule has 3 fully saturated rings. The maximum absolute atomic E-state index is 13.9. The molecule has 2 unspecified atom stereocenters. The Morgan fingerprint density at radius 1 is 1.10 bits per heavy atom. The molecule has 19 nitrogen and oxygen atoms in total. The van der Waals surface area contributed by atoms with Gasteiger partial charge in [0.2, 0.25) is 0 Å². The molecule has 52 heavy (non-hydrogen) atoms. The van der Waals surface area contributed by atoms with E-state index in [2.05, 4.69) is 5.09 Å². The van der Waals surface area contributed by atoms with Crippen LogP contribution in [-0.2, 0) is 53.8 Å². The van der Waals surface area contributed by atoms with Gasteiger partial charge in [0.15, 0.2) is 12.5 Å². The van der Waals surface area contributed by atoms with Crippen molar-refractivity contribution < 1.29 is 61.5 Å². The fourth-order valence-corrected chi connectivity index (χ4v) is 7.49. The summed E-state index contributed by atoms with van der Waals surface area (Å²) < 4.78 is 59.5. The Bertz CT molecular complexity index is 1760. The molecule has 0 bridgehead atoms. The first-order valence-electron chi connectivity index (χ1n) is 16.6. The zero-order valence-electron chi connectivity index (χ0n) is 29.3. The van der Waals surface area contributed by atoms with Crippen molar-refractivity contribution in [1.82, 2.24) is 19.1 Å². The number of likely N-dealkylation sites (tertiary alicyclic amines) is 1. The first-order chi connectivity index (χ1) is 24.7. The number of aliphatic hydroxyl groups excluding tert-OH is 1. The van der Waals surface area contributed by atoms with Crippen molar-refractivity contribution in [2.75, 3.05) is 33.5 Å². The summed E-state index contributed by atoms with van der Waals surface area (Å²) in [6.07, 6.45) is -3.70. The Labute approximate surface area is 298 Å². The molecule has 3 aliphatic heterocycles. The Morgan fingerprint density at radius 2 is 1.79 bits per heavy atom. The van der Waals surface area contributed by atoms with E-state index >= 15 is 0 Å². The third-order valence-corrected chi connectivity index (χ3v) is 10.3. The number of carbonyl (C=O) groups excluding carboxylic acids is 3. The van der Waals surface area contributed by atoms with Gasteiger partial charge in [0.1, 0.15) is 30.2 Å². The molecule has 3 saturated heterocycles. The minimum absolute atomic E-state index is 0.0522. The Hall–Kier alpha value is -4.10. The minimum atomic E-state index is -4.31. The summed E-state index contributed by atoms with van der Waals surface area (Å²) in [4.78, 5) is 65.5. The lowest BCUT2D eigenvalue weighted by Crippen LogP contribution is -2.45. The number of hydrogen-bond donors (Lipinski definition) is 2. The third kappa shape index (κ3) is 8.74. The SMILES string of the molecule is COC(=O)N1CC2(CC1C(=O)OCn1c(=O)ccn([C@@H]3O[C@H](COP(=O)(N[C@@H](C)C(=O)OC(C)C)Oc4ccccc4)[C@@H](O)[C@@H]3C)c1=O)OCCO2. The number of methoxy groups -OCH3 is 1. The normalized spacial score (nSPS) is 25.5. The number of ether oxygens (including phenoxy) is 6. The highest BCUT2D eigenvalue weighted by Crippen LogP contribution is 2.46. The molecule has 2 N–H and O–H groups in total. The van der Waals surface area contributed by atoms with Gasteiger partial charge in [-0.1, -0.05) is 25.1 Å². The maximum Gasteiger partial charge on any atom is 0.459 e. The van der Waals surface area contributed by atoms with Crippen LogP contribution in [0.3, 0.4) is 0 Å². The summed E-state index contributed by atoms with van der Waals surface area (Å²) in [5, 5.41) is 13.6.